The van der Waals surface area contributed by atoms with Gasteiger partial charge in [-0.1, -0.05) is 10.3 Å². The molecular weight excluding hydrogens is 483 g/mol. The molecular formula is C21H21FN6O6S. The second kappa shape index (κ2) is 8.23. The number of nitrogens with one attached hydrogen (secondary N) is 1. The minimum Gasteiger partial charge on any atom is -0.359 e. The summed E-state index contributed by atoms with van der Waals surface area (Å²) in [4.78, 5) is 30.6. The quantitative estimate of drug-likeness (QED) is 0.370. The number of benzene rings is 1. The number of aromatic nitrogens is 5. The summed E-state index contributed by atoms with van der Waals surface area (Å²) in [6.07, 6.45) is 0.784. The molecule has 3 aromatic heterocycles. The average molecular weight is 505 g/mol. The second-order valence-electron chi connectivity index (χ2n) is 8.62. The van der Waals surface area contributed by atoms with Gasteiger partial charge in [-0.3, -0.25) is 13.9 Å². The topological polar surface area (TPSA) is 155 Å². The van der Waals surface area contributed by atoms with Crippen LogP contribution in [0.2, 0.25) is 0 Å². The van der Waals surface area contributed by atoms with Crippen LogP contribution >= 0.6 is 0 Å². The highest BCUT2D eigenvalue weighted by molar-refractivity contribution is 7.89. The molecule has 12 nitrogen and oxygen atoms in total. The van der Waals surface area contributed by atoms with Crippen LogP contribution in [-0.2, 0) is 23.1 Å². The largest absolute Gasteiger partial charge is 0.359 e. The van der Waals surface area contributed by atoms with Crippen LogP contribution in [0.5, 0.6) is 0 Å². The van der Waals surface area contributed by atoms with Crippen LogP contribution in [0.4, 0.5) is 4.39 Å². The van der Waals surface area contributed by atoms with Crippen molar-refractivity contribution in [1.29, 1.82) is 0 Å². The van der Waals surface area contributed by atoms with E-state index in [4.69, 9.17) is 9.05 Å². The summed E-state index contributed by atoms with van der Waals surface area (Å²) in [5, 5.41) is 7.55. The third kappa shape index (κ3) is 4.30. The Morgan fingerprint density at radius 1 is 1.09 bits per heavy atom. The third-order valence-corrected chi connectivity index (χ3v) is 7.40. The van der Waals surface area contributed by atoms with Gasteiger partial charge in [0, 0.05) is 13.0 Å². The summed E-state index contributed by atoms with van der Waals surface area (Å²) in [7, 11) is -4.12. The Hall–Kier alpha value is -3.65. The van der Waals surface area contributed by atoms with Gasteiger partial charge >= 0.3 is 5.69 Å². The van der Waals surface area contributed by atoms with Gasteiger partial charge in [0.2, 0.25) is 15.9 Å². The molecule has 1 aliphatic rings. The Kier molecular flexibility index (Phi) is 5.44. The van der Waals surface area contributed by atoms with Crippen molar-refractivity contribution in [2.24, 2.45) is 0 Å². The smallest absolute Gasteiger partial charge is 0.332 e. The maximum absolute atomic E-state index is 13.4. The number of hydrogen-bond acceptors (Lipinski definition) is 9. The Morgan fingerprint density at radius 3 is 2.46 bits per heavy atom. The summed E-state index contributed by atoms with van der Waals surface area (Å²) >= 11 is 0. The fourth-order valence-corrected chi connectivity index (χ4v) is 5.28. The van der Waals surface area contributed by atoms with Crippen molar-refractivity contribution in [2.75, 3.05) is 6.67 Å². The van der Waals surface area contributed by atoms with Crippen LogP contribution in [-0.4, -0.2) is 45.1 Å². The van der Waals surface area contributed by atoms with Gasteiger partial charge in [-0.05, 0) is 38.0 Å². The van der Waals surface area contributed by atoms with Gasteiger partial charge in [0.05, 0.1) is 40.1 Å². The minimum absolute atomic E-state index is 0.0333. The van der Waals surface area contributed by atoms with Crippen molar-refractivity contribution in [3.05, 3.63) is 68.3 Å². The lowest BCUT2D eigenvalue weighted by Gasteiger charge is -2.16. The number of rotatable bonds is 8. The number of nitrogens with zero attached hydrogens (tertiary/aromatic N) is 5. The number of fused-ring (bicyclic) bond motifs is 1. The Balaban J connectivity index is 1.68. The predicted octanol–water partition coefficient (Wildman–Crippen LogP) is 1.03. The van der Waals surface area contributed by atoms with Crippen molar-refractivity contribution in [2.45, 2.75) is 50.2 Å². The number of alkyl halides is 1. The molecule has 4 aromatic rings. The lowest BCUT2D eigenvalue weighted by atomic mass is 10.2. The fraction of sp³-hybridized carbons (Fsp3) is 0.381. The normalized spacial score (nSPS) is 15.1. The van der Waals surface area contributed by atoms with Gasteiger partial charge < -0.3 is 9.05 Å². The van der Waals surface area contributed by atoms with E-state index in [0.717, 1.165) is 4.57 Å². The van der Waals surface area contributed by atoms with E-state index in [9.17, 15) is 22.4 Å². The van der Waals surface area contributed by atoms with Crippen LogP contribution in [0, 0.1) is 13.8 Å². The highest BCUT2D eigenvalue weighted by Gasteiger charge is 2.46. The van der Waals surface area contributed by atoms with E-state index in [2.05, 4.69) is 20.0 Å². The lowest BCUT2D eigenvalue weighted by Crippen LogP contribution is -2.41. The predicted molar refractivity (Wildman–Crippen MR) is 119 cm³/mol. The molecule has 0 atom stereocenters. The molecule has 1 aliphatic carbocycles. The molecule has 35 heavy (non-hydrogen) atoms. The molecule has 0 unspecified atom stereocenters. The molecule has 1 aromatic carbocycles. The Bertz CT molecular complexity index is 1660. The SMILES string of the molecule is Cc1cc(Cn2c(=O)c3cc(S(=O)(=O)NC4(CF)CC4)ccc3n(Cc3noc(C)n3)c2=O)on1. The van der Waals surface area contributed by atoms with Gasteiger partial charge in [0.15, 0.2) is 11.6 Å². The first-order valence-corrected chi connectivity index (χ1v) is 12.2. The zero-order chi connectivity index (χ0) is 25.0. The van der Waals surface area contributed by atoms with E-state index < -0.39 is 33.5 Å². The van der Waals surface area contributed by atoms with Crippen LogP contribution in [0.1, 0.15) is 36.0 Å². The maximum atomic E-state index is 13.4. The summed E-state index contributed by atoms with van der Waals surface area (Å²) < 4.78 is 53.8. The van der Waals surface area contributed by atoms with Crippen LogP contribution in [0.15, 0.2) is 47.8 Å². The maximum Gasteiger partial charge on any atom is 0.332 e. The van der Waals surface area contributed by atoms with E-state index in [0.29, 0.717) is 24.4 Å². The summed E-state index contributed by atoms with van der Waals surface area (Å²) in [6.45, 7) is 2.12. The Labute approximate surface area is 197 Å². The van der Waals surface area contributed by atoms with Gasteiger partial charge in [0.1, 0.15) is 6.67 Å². The molecule has 0 radical (unpaired) electrons. The molecule has 0 aliphatic heterocycles. The number of aryl methyl sites for hydroxylation is 2. The molecule has 14 heteroatoms. The number of sulfonamides is 1. The van der Waals surface area contributed by atoms with Gasteiger partial charge in [-0.15, -0.1) is 0 Å². The van der Waals surface area contributed by atoms with Crippen molar-refractivity contribution < 1.29 is 21.9 Å². The van der Waals surface area contributed by atoms with Crippen LogP contribution in [0.25, 0.3) is 10.9 Å². The molecule has 1 N–H and O–H groups in total. The average Bonchev–Trinajstić information content (AvgIpc) is 3.26. The van der Waals surface area contributed by atoms with E-state index >= 15 is 0 Å². The van der Waals surface area contributed by atoms with Crippen molar-refractivity contribution in [1.82, 2.24) is 29.2 Å². The molecule has 3 heterocycles. The van der Waals surface area contributed by atoms with Gasteiger partial charge in [-0.2, -0.15) is 4.98 Å². The van der Waals surface area contributed by atoms with Crippen LogP contribution < -0.4 is 16.0 Å². The molecule has 0 bridgehead atoms. The number of hydrogen-bond donors (Lipinski definition) is 1. The van der Waals surface area contributed by atoms with E-state index in [1.54, 1.807) is 19.9 Å². The zero-order valence-electron chi connectivity index (χ0n) is 18.8. The lowest BCUT2D eigenvalue weighted by molar-refractivity contribution is 0.368. The monoisotopic (exact) mass is 504 g/mol. The second-order valence-corrected chi connectivity index (χ2v) is 10.3. The number of halogens is 1. The summed E-state index contributed by atoms with van der Waals surface area (Å²) in [5.74, 6) is 0.764. The van der Waals surface area contributed by atoms with E-state index in [1.165, 1.54) is 22.8 Å². The van der Waals surface area contributed by atoms with Gasteiger partial charge in [0.25, 0.3) is 5.56 Å². The molecule has 5 rings (SSSR count). The van der Waals surface area contributed by atoms with Crippen molar-refractivity contribution in [3.63, 3.8) is 0 Å². The first kappa shape index (κ1) is 23.1. The molecule has 1 saturated carbocycles. The first-order valence-electron chi connectivity index (χ1n) is 10.7. The molecule has 0 spiro atoms. The molecule has 0 saturated heterocycles. The van der Waals surface area contributed by atoms with Crippen molar-refractivity contribution >= 4 is 20.9 Å². The summed E-state index contributed by atoms with van der Waals surface area (Å²) in [6, 6.07) is 5.38. The Morgan fingerprint density at radius 2 is 1.86 bits per heavy atom. The zero-order valence-corrected chi connectivity index (χ0v) is 19.6. The highest BCUT2D eigenvalue weighted by atomic mass is 32.2. The van der Waals surface area contributed by atoms with Crippen molar-refractivity contribution in [3.8, 4) is 0 Å². The molecule has 184 valence electrons. The van der Waals surface area contributed by atoms with Gasteiger partial charge in [-0.25, -0.2) is 22.3 Å². The van der Waals surface area contributed by atoms with E-state index in [-0.39, 0.29) is 40.5 Å². The van der Waals surface area contributed by atoms with E-state index in [1.807, 2.05) is 0 Å². The molecule has 0 amide bonds. The highest BCUT2D eigenvalue weighted by Crippen LogP contribution is 2.37. The summed E-state index contributed by atoms with van der Waals surface area (Å²) in [5.41, 5.74) is -1.76. The standard InChI is InChI=1S/C21H21FN6O6S/c1-12-7-14(34-24-12)9-28-19(29)16-8-15(35(31,32)26-21(11-22)5-6-21)3-4-17(16)27(20(28)30)10-18-23-13(2)33-25-18/h3-4,7-8,26H,5-6,9-11H2,1-2H3. The minimum atomic E-state index is -4.12. The first-order chi connectivity index (χ1) is 16.6. The molecule has 1 fully saturated rings. The third-order valence-electron chi connectivity index (χ3n) is 5.83. The van der Waals surface area contributed by atoms with Crippen LogP contribution in [0.3, 0.4) is 0 Å². The fourth-order valence-electron chi connectivity index (χ4n) is 3.81.